The number of hydrogen-bond donors (Lipinski definition) is 0. The molecule has 0 aromatic heterocycles. The van der Waals surface area contributed by atoms with Crippen LogP contribution in [-0.4, -0.2) is 25.3 Å². The predicted molar refractivity (Wildman–Crippen MR) is 79.0 cm³/mol. The minimum absolute atomic E-state index is 0.0753. The molecule has 0 radical (unpaired) electrons. The highest BCUT2D eigenvalue weighted by Gasteiger charge is 2.07. The monoisotopic (exact) mass is 278 g/mol. The summed E-state index contributed by atoms with van der Waals surface area (Å²) in [6.45, 7) is 7.53. The highest BCUT2D eigenvalue weighted by Crippen LogP contribution is 2.29. The molecule has 0 saturated heterocycles. The largest absolute Gasteiger partial charge is 0.493 e. The lowest BCUT2D eigenvalue weighted by Gasteiger charge is -2.13. The van der Waals surface area contributed by atoms with Crippen LogP contribution in [0, 0.1) is 0 Å². The Kier molecular flexibility index (Phi) is 6.10. The van der Waals surface area contributed by atoms with Crippen molar-refractivity contribution in [2.75, 3.05) is 7.11 Å². The van der Waals surface area contributed by atoms with Crippen molar-refractivity contribution in [2.24, 2.45) is 0 Å². The third kappa shape index (κ3) is 5.34. The van der Waals surface area contributed by atoms with Crippen LogP contribution in [0.4, 0.5) is 0 Å². The van der Waals surface area contributed by atoms with Crippen molar-refractivity contribution in [1.29, 1.82) is 0 Å². The van der Waals surface area contributed by atoms with E-state index in [9.17, 15) is 4.79 Å². The number of methoxy groups -OCH3 is 1. The first-order valence-corrected chi connectivity index (χ1v) is 6.65. The predicted octanol–water partition coefficient (Wildman–Crippen LogP) is 3.45. The van der Waals surface area contributed by atoms with E-state index in [2.05, 4.69) is 0 Å². The van der Waals surface area contributed by atoms with E-state index in [1.54, 1.807) is 13.2 Å². The minimum atomic E-state index is -0.360. The van der Waals surface area contributed by atoms with Gasteiger partial charge in [-0.05, 0) is 51.5 Å². The molecule has 0 spiro atoms. The summed E-state index contributed by atoms with van der Waals surface area (Å²) in [5, 5.41) is 0. The quantitative estimate of drug-likeness (QED) is 0.590. The molecule has 0 fully saturated rings. The zero-order chi connectivity index (χ0) is 15.1. The summed E-state index contributed by atoms with van der Waals surface area (Å²) in [4.78, 5) is 11.4. The van der Waals surface area contributed by atoms with Gasteiger partial charge in [-0.15, -0.1) is 0 Å². The van der Waals surface area contributed by atoms with Crippen LogP contribution < -0.4 is 9.47 Å². The zero-order valence-electron chi connectivity index (χ0n) is 12.7. The fourth-order valence-corrected chi connectivity index (χ4v) is 1.58. The molecule has 0 heterocycles. The Morgan fingerprint density at radius 1 is 1.10 bits per heavy atom. The van der Waals surface area contributed by atoms with E-state index in [0.717, 1.165) is 5.56 Å². The van der Waals surface area contributed by atoms with Gasteiger partial charge in [0.15, 0.2) is 11.5 Å². The van der Waals surface area contributed by atoms with Crippen LogP contribution >= 0.6 is 0 Å². The van der Waals surface area contributed by atoms with Gasteiger partial charge in [-0.3, -0.25) is 0 Å². The molecule has 20 heavy (non-hydrogen) atoms. The number of rotatable bonds is 6. The number of carbonyl (C=O) groups is 1. The molecule has 4 nitrogen and oxygen atoms in total. The summed E-state index contributed by atoms with van der Waals surface area (Å²) in [6.07, 6.45) is 3.04. The average Bonchev–Trinajstić information content (AvgIpc) is 2.36. The lowest BCUT2D eigenvalue weighted by Crippen LogP contribution is -2.08. The summed E-state index contributed by atoms with van der Waals surface area (Å²) in [5.41, 5.74) is 0.846. The third-order valence-corrected chi connectivity index (χ3v) is 2.31. The maximum atomic E-state index is 11.4. The van der Waals surface area contributed by atoms with E-state index in [1.807, 2.05) is 45.9 Å². The van der Waals surface area contributed by atoms with E-state index < -0.39 is 0 Å². The maximum absolute atomic E-state index is 11.4. The summed E-state index contributed by atoms with van der Waals surface area (Å²) in [6, 6.07) is 5.50. The molecular weight excluding hydrogens is 256 g/mol. The van der Waals surface area contributed by atoms with Crippen molar-refractivity contribution in [3.63, 3.8) is 0 Å². The molecule has 1 aromatic rings. The van der Waals surface area contributed by atoms with Gasteiger partial charge in [-0.25, -0.2) is 4.79 Å². The fraction of sp³-hybridized carbons (Fsp3) is 0.438. The Morgan fingerprint density at radius 2 is 1.80 bits per heavy atom. The van der Waals surface area contributed by atoms with Crippen molar-refractivity contribution in [3.8, 4) is 11.5 Å². The van der Waals surface area contributed by atoms with Gasteiger partial charge < -0.3 is 14.2 Å². The fourth-order valence-electron chi connectivity index (χ4n) is 1.58. The van der Waals surface area contributed by atoms with Gasteiger partial charge in [0, 0.05) is 6.08 Å². The van der Waals surface area contributed by atoms with Gasteiger partial charge in [-0.1, -0.05) is 6.07 Å². The highest BCUT2D eigenvalue weighted by molar-refractivity contribution is 5.87. The Labute approximate surface area is 120 Å². The first-order chi connectivity index (χ1) is 9.42. The van der Waals surface area contributed by atoms with Gasteiger partial charge in [0.25, 0.3) is 0 Å². The number of carbonyl (C=O) groups excluding carboxylic acids is 1. The van der Waals surface area contributed by atoms with Gasteiger partial charge >= 0.3 is 5.97 Å². The first kappa shape index (κ1) is 16.1. The molecule has 0 N–H and O–H groups in total. The Balaban J connectivity index is 2.82. The second kappa shape index (κ2) is 7.58. The summed E-state index contributed by atoms with van der Waals surface area (Å²) < 4.78 is 15.9. The molecule has 110 valence electrons. The molecule has 0 bridgehead atoms. The normalized spacial score (nSPS) is 11.2. The molecule has 1 aromatic carbocycles. The van der Waals surface area contributed by atoms with Gasteiger partial charge in [0.05, 0.1) is 19.3 Å². The van der Waals surface area contributed by atoms with Crippen molar-refractivity contribution in [1.82, 2.24) is 0 Å². The van der Waals surface area contributed by atoms with E-state index >= 15 is 0 Å². The molecule has 0 aliphatic rings. The number of hydrogen-bond acceptors (Lipinski definition) is 4. The van der Waals surface area contributed by atoms with E-state index in [-0.39, 0.29) is 18.2 Å². The molecule has 0 unspecified atom stereocenters. The molecule has 0 atom stereocenters. The van der Waals surface area contributed by atoms with Gasteiger partial charge in [-0.2, -0.15) is 0 Å². The van der Waals surface area contributed by atoms with Crippen LogP contribution in [0.15, 0.2) is 24.3 Å². The Hall–Kier alpha value is -1.97. The first-order valence-electron chi connectivity index (χ1n) is 6.65. The third-order valence-electron chi connectivity index (χ3n) is 2.31. The van der Waals surface area contributed by atoms with E-state index in [0.29, 0.717) is 11.5 Å². The lowest BCUT2D eigenvalue weighted by atomic mass is 10.2. The van der Waals surface area contributed by atoms with Crippen molar-refractivity contribution in [2.45, 2.75) is 39.9 Å². The molecule has 0 amide bonds. The minimum Gasteiger partial charge on any atom is -0.493 e. The number of ether oxygens (including phenoxy) is 3. The summed E-state index contributed by atoms with van der Waals surface area (Å²) in [7, 11) is 1.59. The molecule has 1 rings (SSSR count). The Morgan fingerprint density at radius 3 is 2.35 bits per heavy atom. The van der Waals surface area contributed by atoms with Gasteiger partial charge in [0.2, 0.25) is 0 Å². The topological polar surface area (TPSA) is 44.8 Å². The van der Waals surface area contributed by atoms with Crippen LogP contribution in [0.5, 0.6) is 11.5 Å². The van der Waals surface area contributed by atoms with E-state index in [4.69, 9.17) is 14.2 Å². The maximum Gasteiger partial charge on any atom is 0.331 e. The standard InChI is InChI=1S/C16H22O4/c1-11(2)19-14-8-6-13(10-15(14)18-5)7-9-16(17)20-12(3)4/h6-12H,1-5H3/b9-7+. The van der Waals surface area contributed by atoms with Crippen LogP contribution in [0.2, 0.25) is 0 Å². The summed E-state index contributed by atoms with van der Waals surface area (Å²) in [5.74, 6) is 0.962. The summed E-state index contributed by atoms with van der Waals surface area (Å²) >= 11 is 0. The highest BCUT2D eigenvalue weighted by atomic mass is 16.5. The molecular formula is C16H22O4. The molecule has 0 saturated carbocycles. The van der Waals surface area contributed by atoms with Crippen LogP contribution in [-0.2, 0) is 9.53 Å². The van der Waals surface area contributed by atoms with Gasteiger partial charge in [0.1, 0.15) is 0 Å². The molecule has 0 aliphatic heterocycles. The van der Waals surface area contributed by atoms with Crippen LogP contribution in [0.25, 0.3) is 6.08 Å². The SMILES string of the molecule is COc1cc(/C=C/C(=O)OC(C)C)ccc1OC(C)C. The van der Waals surface area contributed by atoms with Crippen molar-refractivity contribution >= 4 is 12.0 Å². The lowest BCUT2D eigenvalue weighted by molar-refractivity contribution is -0.141. The number of esters is 1. The number of benzene rings is 1. The van der Waals surface area contributed by atoms with E-state index in [1.165, 1.54) is 6.08 Å². The van der Waals surface area contributed by atoms with Crippen molar-refractivity contribution < 1.29 is 19.0 Å². The molecule has 4 heteroatoms. The molecule has 0 aliphatic carbocycles. The van der Waals surface area contributed by atoms with Crippen molar-refractivity contribution in [3.05, 3.63) is 29.8 Å². The smallest absolute Gasteiger partial charge is 0.331 e. The average molecular weight is 278 g/mol. The second-order valence-corrected chi connectivity index (χ2v) is 4.90. The zero-order valence-corrected chi connectivity index (χ0v) is 12.7. The van der Waals surface area contributed by atoms with Crippen LogP contribution in [0.3, 0.4) is 0 Å². The van der Waals surface area contributed by atoms with Crippen LogP contribution in [0.1, 0.15) is 33.3 Å². The Bertz CT molecular complexity index is 475. The second-order valence-electron chi connectivity index (χ2n) is 4.90.